The Balaban J connectivity index is 1.97. The van der Waals surface area contributed by atoms with Gasteiger partial charge in [-0.1, -0.05) is 0 Å². The van der Waals surface area contributed by atoms with Crippen LogP contribution in [0.1, 0.15) is 23.0 Å². The van der Waals surface area contributed by atoms with Gasteiger partial charge in [0, 0.05) is 11.6 Å². The van der Waals surface area contributed by atoms with E-state index in [1.54, 1.807) is 12.1 Å². The standard InChI is InChI=1S/C15H15N3O5/c1-10(19)11-4-5-13(14(7-11)18(21)22)16-9-15(20)17-8-12-3-2-6-23-12/h2-7,16H,8-9H2,1H3,(H,17,20). The number of furan rings is 1. The number of hydrogen-bond acceptors (Lipinski definition) is 6. The average molecular weight is 317 g/mol. The second-order valence-corrected chi connectivity index (χ2v) is 4.75. The zero-order valence-corrected chi connectivity index (χ0v) is 12.4. The summed E-state index contributed by atoms with van der Waals surface area (Å²) in [7, 11) is 0. The summed E-state index contributed by atoms with van der Waals surface area (Å²) in [5.74, 6) is -0.00248. The van der Waals surface area contributed by atoms with E-state index in [0.717, 1.165) is 0 Å². The quantitative estimate of drug-likeness (QED) is 0.459. The van der Waals surface area contributed by atoms with E-state index >= 15 is 0 Å². The molecular weight excluding hydrogens is 302 g/mol. The molecule has 0 aliphatic rings. The van der Waals surface area contributed by atoms with Gasteiger partial charge in [0.1, 0.15) is 11.4 Å². The third-order valence-electron chi connectivity index (χ3n) is 3.08. The molecule has 0 unspecified atom stereocenters. The van der Waals surface area contributed by atoms with Crippen molar-refractivity contribution in [2.24, 2.45) is 0 Å². The first-order valence-electron chi connectivity index (χ1n) is 6.79. The second kappa shape index (κ2) is 7.21. The maximum Gasteiger partial charge on any atom is 0.293 e. The lowest BCUT2D eigenvalue weighted by molar-refractivity contribution is -0.384. The SMILES string of the molecule is CC(=O)c1ccc(NCC(=O)NCc2ccco2)c([N+](=O)[O-])c1. The summed E-state index contributed by atoms with van der Waals surface area (Å²) < 4.78 is 5.08. The molecule has 0 saturated carbocycles. The number of nitrogens with one attached hydrogen (secondary N) is 2. The lowest BCUT2D eigenvalue weighted by Crippen LogP contribution is -2.29. The number of nitro groups is 1. The first-order chi connectivity index (χ1) is 11.0. The molecule has 0 radical (unpaired) electrons. The van der Waals surface area contributed by atoms with E-state index in [1.807, 2.05) is 0 Å². The van der Waals surface area contributed by atoms with Crippen LogP contribution in [0.2, 0.25) is 0 Å². The summed E-state index contributed by atoms with van der Waals surface area (Å²) >= 11 is 0. The van der Waals surface area contributed by atoms with Crippen molar-refractivity contribution in [3.05, 3.63) is 58.0 Å². The molecule has 0 spiro atoms. The maximum absolute atomic E-state index is 11.7. The summed E-state index contributed by atoms with van der Waals surface area (Å²) in [5, 5.41) is 16.4. The van der Waals surface area contributed by atoms with Crippen LogP contribution in [-0.4, -0.2) is 23.2 Å². The van der Waals surface area contributed by atoms with Gasteiger partial charge in [-0.25, -0.2) is 0 Å². The minimum atomic E-state index is -0.602. The first-order valence-corrected chi connectivity index (χ1v) is 6.79. The third kappa shape index (κ3) is 4.40. The fourth-order valence-electron chi connectivity index (χ4n) is 1.89. The highest BCUT2D eigenvalue weighted by Gasteiger charge is 2.16. The molecule has 0 atom stereocenters. The Morgan fingerprint density at radius 1 is 1.30 bits per heavy atom. The number of ketones is 1. The smallest absolute Gasteiger partial charge is 0.293 e. The molecule has 8 nitrogen and oxygen atoms in total. The van der Waals surface area contributed by atoms with E-state index in [9.17, 15) is 19.7 Å². The van der Waals surface area contributed by atoms with Crippen molar-refractivity contribution in [2.75, 3.05) is 11.9 Å². The monoisotopic (exact) mass is 317 g/mol. The molecule has 0 aliphatic carbocycles. The van der Waals surface area contributed by atoms with Crippen molar-refractivity contribution in [2.45, 2.75) is 13.5 Å². The zero-order valence-electron chi connectivity index (χ0n) is 12.4. The summed E-state index contributed by atoms with van der Waals surface area (Å²) in [5.41, 5.74) is 0.161. The lowest BCUT2D eigenvalue weighted by atomic mass is 10.1. The molecule has 2 aromatic rings. The van der Waals surface area contributed by atoms with Gasteiger partial charge in [-0.3, -0.25) is 19.7 Å². The van der Waals surface area contributed by atoms with Gasteiger partial charge < -0.3 is 15.1 Å². The fraction of sp³-hybridized carbons (Fsp3) is 0.200. The Hall–Kier alpha value is -3.16. The largest absolute Gasteiger partial charge is 0.467 e. The number of anilines is 1. The van der Waals surface area contributed by atoms with Crippen LogP contribution in [0.15, 0.2) is 41.0 Å². The Kier molecular flexibility index (Phi) is 5.08. The van der Waals surface area contributed by atoms with Crippen molar-refractivity contribution in [1.82, 2.24) is 5.32 Å². The van der Waals surface area contributed by atoms with Crippen LogP contribution in [0.3, 0.4) is 0 Å². The molecule has 2 rings (SSSR count). The van der Waals surface area contributed by atoms with E-state index in [4.69, 9.17) is 4.42 Å². The van der Waals surface area contributed by atoms with Gasteiger partial charge in [-0.05, 0) is 31.2 Å². The van der Waals surface area contributed by atoms with Crippen LogP contribution in [0, 0.1) is 10.1 Å². The van der Waals surface area contributed by atoms with E-state index in [2.05, 4.69) is 10.6 Å². The van der Waals surface area contributed by atoms with Gasteiger partial charge in [0.2, 0.25) is 5.91 Å². The van der Waals surface area contributed by atoms with Gasteiger partial charge in [-0.2, -0.15) is 0 Å². The number of hydrogen-bond donors (Lipinski definition) is 2. The molecule has 0 bridgehead atoms. The molecule has 0 saturated heterocycles. The van der Waals surface area contributed by atoms with Gasteiger partial charge >= 0.3 is 0 Å². The lowest BCUT2D eigenvalue weighted by Gasteiger charge is -2.08. The normalized spacial score (nSPS) is 10.1. The van der Waals surface area contributed by atoms with Crippen LogP contribution >= 0.6 is 0 Å². The van der Waals surface area contributed by atoms with Crippen LogP contribution in [0.4, 0.5) is 11.4 Å². The highest BCUT2D eigenvalue weighted by atomic mass is 16.6. The Morgan fingerprint density at radius 3 is 2.70 bits per heavy atom. The molecule has 2 N–H and O–H groups in total. The Morgan fingerprint density at radius 2 is 2.09 bits per heavy atom. The number of nitro benzene ring substituents is 1. The van der Waals surface area contributed by atoms with Gasteiger partial charge in [-0.15, -0.1) is 0 Å². The molecule has 120 valence electrons. The summed E-state index contributed by atoms with van der Waals surface area (Å²) in [6.45, 7) is 1.42. The molecule has 8 heteroatoms. The molecule has 1 aromatic carbocycles. The molecule has 1 aromatic heterocycles. The van der Waals surface area contributed by atoms with Crippen LogP contribution in [0.25, 0.3) is 0 Å². The van der Waals surface area contributed by atoms with Crippen molar-refractivity contribution in [1.29, 1.82) is 0 Å². The van der Waals surface area contributed by atoms with E-state index in [0.29, 0.717) is 5.76 Å². The molecule has 0 fully saturated rings. The predicted molar refractivity (Wildman–Crippen MR) is 82.1 cm³/mol. The minimum Gasteiger partial charge on any atom is -0.467 e. The fourth-order valence-corrected chi connectivity index (χ4v) is 1.89. The van der Waals surface area contributed by atoms with Crippen molar-refractivity contribution >= 4 is 23.1 Å². The second-order valence-electron chi connectivity index (χ2n) is 4.75. The Labute approximate surface area is 131 Å². The number of Topliss-reactive ketones (excluding diaryl/α,β-unsaturated/α-hetero) is 1. The molecule has 0 aliphatic heterocycles. The zero-order chi connectivity index (χ0) is 16.8. The van der Waals surface area contributed by atoms with Crippen LogP contribution < -0.4 is 10.6 Å². The molecular formula is C15H15N3O5. The maximum atomic E-state index is 11.7. The van der Waals surface area contributed by atoms with Gasteiger partial charge in [0.25, 0.3) is 5.69 Å². The highest BCUT2D eigenvalue weighted by Crippen LogP contribution is 2.25. The Bertz CT molecular complexity index is 725. The van der Waals surface area contributed by atoms with Crippen molar-refractivity contribution in [3.63, 3.8) is 0 Å². The minimum absolute atomic E-state index is 0.138. The number of carbonyl (C=O) groups excluding carboxylic acids is 2. The van der Waals surface area contributed by atoms with Crippen LogP contribution in [0.5, 0.6) is 0 Å². The number of amides is 1. The highest BCUT2D eigenvalue weighted by molar-refractivity contribution is 5.95. The number of benzene rings is 1. The van der Waals surface area contributed by atoms with Crippen molar-refractivity contribution < 1.29 is 18.9 Å². The van der Waals surface area contributed by atoms with E-state index in [-0.39, 0.29) is 41.7 Å². The van der Waals surface area contributed by atoms with E-state index < -0.39 is 4.92 Å². The average Bonchev–Trinajstić information content (AvgIpc) is 3.03. The summed E-state index contributed by atoms with van der Waals surface area (Å²) in [6.07, 6.45) is 1.50. The topological polar surface area (TPSA) is 114 Å². The van der Waals surface area contributed by atoms with Crippen LogP contribution in [-0.2, 0) is 11.3 Å². The molecule has 23 heavy (non-hydrogen) atoms. The van der Waals surface area contributed by atoms with E-state index in [1.165, 1.54) is 31.4 Å². The summed E-state index contributed by atoms with van der Waals surface area (Å²) in [4.78, 5) is 33.5. The molecule has 1 heterocycles. The van der Waals surface area contributed by atoms with Crippen molar-refractivity contribution in [3.8, 4) is 0 Å². The number of nitrogens with zero attached hydrogens (tertiary/aromatic N) is 1. The third-order valence-corrected chi connectivity index (χ3v) is 3.08. The number of rotatable bonds is 7. The number of carbonyl (C=O) groups is 2. The summed E-state index contributed by atoms with van der Waals surface area (Å²) in [6, 6.07) is 7.50. The first kappa shape index (κ1) is 16.2. The predicted octanol–water partition coefficient (Wildman–Crippen LogP) is 2.12. The van der Waals surface area contributed by atoms with Gasteiger partial charge in [0.15, 0.2) is 5.78 Å². The van der Waals surface area contributed by atoms with Gasteiger partial charge in [0.05, 0.1) is 24.3 Å². The molecule has 1 amide bonds.